The van der Waals surface area contributed by atoms with Crippen LogP contribution in [0.4, 0.5) is 10.1 Å². The van der Waals surface area contributed by atoms with Crippen molar-refractivity contribution in [3.05, 3.63) is 94.1 Å². The number of methoxy groups -OCH3 is 1. The lowest BCUT2D eigenvalue weighted by molar-refractivity contribution is -0.117. The predicted molar refractivity (Wildman–Crippen MR) is 127 cm³/mol. The van der Waals surface area contributed by atoms with Crippen molar-refractivity contribution in [3.63, 3.8) is 0 Å². The number of hydrogen-bond acceptors (Lipinski definition) is 4. The summed E-state index contributed by atoms with van der Waals surface area (Å²) in [6, 6.07) is 12.7. The minimum Gasteiger partial charge on any atom is -0.497 e. The highest BCUT2D eigenvalue weighted by Crippen LogP contribution is 2.23. The smallest absolute Gasteiger partial charge is 0.251 e. The van der Waals surface area contributed by atoms with Crippen molar-refractivity contribution < 1.29 is 13.9 Å². The SMILES string of the molecule is COc1cc(F)cc(N/C(C)=C/C(N)=C\C(C(=O)NC2Cc3ccccc3C2)=C(C)C)c1. The van der Waals surface area contributed by atoms with E-state index in [9.17, 15) is 9.18 Å². The van der Waals surface area contributed by atoms with Crippen molar-refractivity contribution in [3.8, 4) is 5.75 Å². The topological polar surface area (TPSA) is 76.4 Å². The molecule has 1 aliphatic rings. The minimum atomic E-state index is -0.402. The van der Waals surface area contributed by atoms with Gasteiger partial charge in [0.15, 0.2) is 0 Å². The summed E-state index contributed by atoms with van der Waals surface area (Å²) in [5.74, 6) is -0.123. The third kappa shape index (κ3) is 6.00. The normalized spacial score (nSPS) is 14.0. The molecule has 5 nitrogen and oxygen atoms in total. The Morgan fingerprint density at radius 3 is 2.34 bits per heavy atom. The molecule has 6 heteroatoms. The average molecular weight is 436 g/mol. The molecule has 0 fully saturated rings. The summed E-state index contributed by atoms with van der Waals surface area (Å²) in [5, 5.41) is 6.23. The standard InChI is InChI=1S/C26H30FN3O2/c1-16(2)25(26(31)30-22-10-18-7-5-6-8-19(18)11-22)14-21(28)9-17(3)29-23-12-20(27)13-24(15-23)32-4/h5-9,12-15,22,29H,10-11,28H2,1-4H3,(H,30,31)/b17-9+,21-14+. The molecule has 1 aliphatic carbocycles. The second-order valence-electron chi connectivity index (χ2n) is 8.24. The number of ether oxygens (including phenoxy) is 1. The van der Waals surface area contributed by atoms with Gasteiger partial charge in [0.05, 0.1) is 7.11 Å². The Morgan fingerprint density at radius 2 is 1.75 bits per heavy atom. The Labute approximate surface area is 188 Å². The second-order valence-corrected chi connectivity index (χ2v) is 8.24. The number of carbonyl (C=O) groups excluding carboxylic acids is 1. The van der Waals surface area contributed by atoms with Crippen LogP contribution in [0, 0.1) is 5.82 Å². The van der Waals surface area contributed by atoms with Gasteiger partial charge in [-0.15, -0.1) is 0 Å². The largest absolute Gasteiger partial charge is 0.497 e. The average Bonchev–Trinajstić information content (AvgIpc) is 3.13. The second kappa shape index (κ2) is 10.2. The van der Waals surface area contributed by atoms with Crippen LogP contribution < -0.4 is 21.1 Å². The van der Waals surface area contributed by atoms with Gasteiger partial charge < -0.3 is 21.1 Å². The van der Waals surface area contributed by atoms with E-state index in [1.54, 1.807) is 18.2 Å². The van der Waals surface area contributed by atoms with Gasteiger partial charge in [-0.2, -0.15) is 0 Å². The lowest BCUT2D eigenvalue weighted by atomic mass is 10.1. The van der Waals surface area contributed by atoms with Crippen LogP contribution in [0.1, 0.15) is 31.9 Å². The van der Waals surface area contributed by atoms with E-state index < -0.39 is 5.82 Å². The summed E-state index contributed by atoms with van der Waals surface area (Å²) >= 11 is 0. The number of fused-ring (bicyclic) bond motifs is 1. The van der Waals surface area contributed by atoms with Crippen LogP contribution in [0.25, 0.3) is 0 Å². The molecule has 0 aliphatic heterocycles. The quantitative estimate of drug-likeness (QED) is 0.438. The summed E-state index contributed by atoms with van der Waals surface area (Å²) in [4.78, 5) is 13.0. The fourth-order valence-corrected chi connectivity index (χ4v) is 3.84. The van der Waals surface area contributed by atoms with Crippen molar-refractivity contribution in [2.75, 3.05) is 12.4 Å². The zero-order valence-electron chi connectivity index (χ0n) is 19.0. The Kier molecular flexibility index (Phi) is 7.36. The van der Waals surface area contributed by atoms with Crippen molar-refractivity contribution >= 4 is 11.6 Å². The van der Waals surface area contributed by atoms with Crippen LogP contribution in [0.5, 0.6) is 5.75 Å². The van der Waals surface area contributed by atoms with E-state index in [1.165, 1.54) is 30.4 Å². The number of allylic oxidation sites excluding steroid dienone is 3. The first-order valence-electron chi connectivity index (χ1n) is 10.6. The zero-order chi connectivity index (χ0) is 23.3. The maximum Gasteiger partial charge on any atom is 0.251 e. The van der Waals surface area contributed by atoms with Gasteiger partial charge >= 0.3 is 0 Å². The Bertz CT molecular complexity index is 1070. The summed E-state index contributed by atoms with van der Waals surface area (Å²) < 4.78 is 18.8. The molecule has 0 saturated heterocycles. The first kappa shape index (κ1) is 23.1. The van der Waals surface area contributed by atoms with Gasteiger partial charge in [-0.1, -0.05) is 29.8 Å². The number of hydrogen-bond donors (Lipinski definition) is 3. The number of rotatable bonds is 7. The number of nitrogens with two attached hydrogens (primary N) is 1. The number of halogens is 1. The molecule has 168 valence electrons. The predicted octanol–water partition coefficient (Wildman–Crippen LogP) is 4.61. The first-order chi connectivity index (χ1) is 15.2. The van der Waals surface area contributed by atoms with Gasteiger partial charge in [0, 0.05) is 40.8 Å². The van der Waals surface area contributed by atoms with E-state index in [0.717, 1.165) is 18.4 Å². The molecular formula is C26H30FN3O2. The van der Waals surface area contributed by atoms with Crippen LogP contribution in [-0.2, 0) is 17.6 Å². The molecule has 0 spiro atoms. The van der Waals surface area contributed by atoms with Crippen LogP contribution in [0.2, 0.25) is 0 Å². The molecule has 0 atom stereocenters. The minimum absolute atomic E-state index is 0.0748. The Morgan fingerprint density at radius 1 is 1.09 bits per heavy atom. The van der Waals surface area contributed by atoms with Gasteiger partial charge in [-0.3, -0.25) is 4.79 Å². The molecule has 0 aromatic heterocycles. The zero-order valence-corrected chi connectivity index (χ0v) is 19.0. The molecule has 0 unspecified atom stereocenters. The van der Waals surface area contributed by atoms with Gasteiger partial charge in [-0.25, -0.2) is 4.39 Å². The molecule has 0 radical (unpaired) electrons. The number of amides is 1. The van der Waals surface area contributed by atoms with Gasteiger partial charge in [0.2, 0.25) is 0 Å². The van der Waals surface area contributed by atoms with Crippen LogP contribution in [0.3, 0.4) is 0 Å². The van der Waals surface area contributed by atoms with E-state index in [1.807, 2.05) is 32.9 Å². The van der Waals surface area contributed by atoms with E-state index in [0.29, 0.717) is 28.4 Å². The maximum atomic E-state index is 13.7. The molecule has 4 N–H and O–H groups in total. The molecule has 32 heavy (non-hydrogen) atoms. The maximum absolute atomic E-state index is 13.7. The molecular weight excluding hydrogens is 405 g/mol. The molecule has 2 aromatic carbocycles. The summed E-state index contributed by atoms with van der Waals surface area (Å²) in [5.41, 5.74) is 11.8. The van der Waals surface area contributed by atoms with Crippen molar-refractivity contribution in [1.29, 1.82) is 0 Å². The highest BCUT2D eigenvalue weighted by Gasteiger charge is 2.23. The van der Waals surface area contributed by atoms with Crippen LogP contribution >= 0.6 is 0 Å². The first-order valence-corrected chi connectivity index (χ1v) is 10.6. The highest BCUT2D eigenvalue weighted by molar-refractivity contribution is 5.97. The number of anilines is 1. The molecule has 1 amide bonds. The van der Waals surface area contributed by atoms with Gasteiger partial charge in [0.25, 0.3) is 5.91 Å². The van der Waals surface area contributed by atoms with E-state index in [4.69, 9.17) is 10.5 Å². The van der Waals surface area contributed by atoms with E-state index in [-0.39, 0.29) is 11.9 Å². The molecule has 0 heterocycles. The molecule has 0 saturated carbocycles. The Hall–Kier alpha value is -3.54. The highest BCUT2D eigenvalue weighted by atomic mass is 19.1. The number of benzene rings is 2. The van der Waals surface area contributed by atoms with Crippen LogP contribution in [0.15, 0.2) is 77.2 Å². The summed E-state index contributed by atoms with van der Waals surface area (Å²) in [6.07, 6.45) is 5.04. The number of nitrogens with one attached hydrogen (secondary N) is 2. The summed E-state index contributed by atoms with van der Waals surface area (Å²) in [6.45, 7) is 5.59. The van der Waals surface area contributed by atoms with Gasteiger partial charge in [0.1, 0.15) is 11.6 Å². The molecule has 2 aromatic rings. The van der Waals surface area contributed by atoms with Crippen molar-refractivity contribution in [2.24, 2.45) is 5.73 Å². The third-order valence-electron chi connectivity index (χ3n) is 5.31. The number of carbonyl (C=O) groups is 1. The Balaban J connectivity index is 1.69. The van der Waals surface area contributed by atoms with Gasteiger partial charge in [-0.05, 0) is 63.0 Å². The van der Waals surface area contributed by atoms with E-state index >= 15 is 0 Å². The molecule has 0 bridgehead atoms. The lowest BCUT2D eigenvalue weighted by Gasteiger charge is -2.14. The third-order valence-corrected chi connectivity index (χ3v) is 5.31. The fraction of sp³-hybridized carbons (Fsp3) is 0.269. The monoisotopic (exact) mass is 435 g/mol. The molecule has 3 rings (SSSR count). The van der Waals surface area contributed by atoms with Crippen molar-refractivity contribution in [2.45, 2.75) is 39.7 Å². The van der Waals surface area contributed by atoms with Crippen LogP contribution in [-0.4, -0.2) is 19.1 Å². The fourth-order valence-electron chi connectivity index (χ4n) is 3.84. The lowest BCUT2D eigenvalue weighted by Crippen LogP contribution is -2.36. The van der Waals surface area contributed by atoms with Crippen molar-refractivity contribution in [1.82, 2.24) is 5.32 Å². The van der Waals surface area contributed by atoms with E-state index in [2.05, 4.69) is 22.8 Å². The summed E-state index contributed by atoms with van der Waals surface area (Å²) in [7, 11) is 1.48.